The maximum absolute atomic E-state index is 5.45. The van der Waals surface area contributed by atoms with Gasteiger partial charge in [0.15, 0.2) is 0 Å². The first-order valence-electron chi connectivity index (χ1n) is 7.90. The summed E-state index contributed by atoms with van der Waals surface area (Å²) >= 11 is 0. The molecule has 0 aliphatic carbocycles. The average Bonchev–Trinajstić information content (AvgIpc) is 2.94. The summed E-state index contributed by atoms with van der Waals surface area (Å²) in [5, 5.41) is 3.71. The molecule has 0 spiro atoms. The van der Waals surface area contributed by atoms with E-state index < -0.39 is 0 Å². The minimum atomic E-state index is 0.515. The normalized spacial score (nSPS) is 25.5. The molecule has 2 fully saturated rings. The SMILES string of the molecule is COc1nccc(N(C)C)c1NC1CCN2CCCC2C1. The monoisotopic (exact) mass is 290 g/mol. The number of hydrogen-bond acceptors (Lipinski definition) is 5. The molecule has 1 aromatic rings. The molecule has 5 heteroatoms. The summed E-state index contributed by atoms with van der Waals surface area (Å²) in [4.78, 5) is 9.10. The highest BCUT2D eigenvalue weighted by Crippen LogP contribution is 2.35. The number of pyridine rings is 1. The number of anilines is 2. The standard InChI is InChI=1S/C16H26N4O/c1-19(2)14-6-8-17-16(21-3)15(14)18-12-7-10-20-9-4-5-13(20)11-12/h6,8,12-13,18H,4-5,7,9-11H2,1-3H3. The van der Waals surface area contributed by atoms with E-state index >= 15 is 0 Å². The van der Waals surface area contributed by atoms with Gasteiger partial charge in [-0.05, 0) is 38.3 Å². The molecule has 21 heavy (non-hydrogen) atoms. The van der Waals surface area contributed by atoms with E-state index in [1.807, 2.05) is 6.07 Å². The lowest BCUT2D eigenvalue weighted by Crippen LogP contribution is -2.42. The molecule has 5 nitrogen and oxygen atoms in total. The van der Waals surface area contributed by atoms with Crippen LogP contribution in [0.1, 0.15) is 25.7 Å². The van der Waals surface area contributed by atoms with Gasteiger partial charge in [-0.3, -0.25) is 0 Å². The molecule has 0 radical (unpaired) electrons. The van der Waals surface area contributed by atoms with Gasteiger partial charge in [0, 0.05) is 38.9 Å². The Kier molecular flexibility index (Phi) is 4.19. The van der Waals surface area contributed by atoms with E-state index in [4.69, 9.17) is 4.74 Å². The molecule has 0 aromatic carbocycles. The predicted molar refractivity (Wildman–Crippen MR) is 86.4 cm³/mol. The van der Waals surface area contributed by atoms with Gasteiger partial charge < -0.3 is 19.9 Å². The van der Waals surface area contributed by atoms with E-state index in [1.54, 1.807) is 13.3 Å². The number of hydrogen-bond donors (Lipinski definition) is 1. The Labute approximate surface area is 127 Å². The summed E-state index contributed by atoms with van der Waals surface area (Å²) in [5.74, 6) is 0.690. The molecular formula is C16H26N4O. The quantitative estimate of drug-likeness (QED) is 0.920. The summed E-state index contributed by atoms with van der Waals surface area (Å²) in [7, 11) is 5.80. The second kappa shape index (κ2) is 6.10. The number of piperidine rings is 1. The van der Waals surface area contributed by atoms with Crippen LogP contribution >= 0.6 is 0 Å². The Hall–Kier alpha value is -1.49. The molecule has 2 aliphatic rings. The van der Waals surface area contributed by atoms with Crippen LogP contribution in [-0.2, 0) is 0 Å². The minimum absolute atomic E-state index is 0.515. The number of fused-ring (bicyclic) bond motifs is 1. The summed E-state index contributed by atoms with van der Waals surface area (Å²) in [6.45, 7) is 2.50. The number of ether oxygens (including phenoxy) is 1. The average molecular weight is 290 g/mol. The molecule has 2 aliphatic heterocycles. The molecule has 0 amide bonds. The molecule has 3 rings (SSSR count). The molecule has 3 heterocycles. The van der Waals surface area contributed by atoms with Crippen molar-refractivity contribution in [2.75, 3.05) is 44.5 Å². The van der Waals surface area contributed by atoms with Crippen molar-refractivity contribution in [3.8, 4) is 5.88 Å². The Bertz CT molecular complexity index is 491. The van der Waals surface area contributed by atoms with Crippen molar-refractivity contribution in [3.05, 3.63) is 12.3 Å². The van der Waals surface area contributed by atoms with E-state index in [1.165, 1.54) is 38.8 Å². The zero-order valence-electron chi connectivity index (χ0n) is 13.3. The maximum atomic E-state index is 5.45. The fourth-order valence-electron chi connectivity index (χ4n) is 3.66. The van der Waals surface area contributed by atoms with Crippen molar-refractivity contribution in [2.24, 2.45) is 0 Å². The zero-order chi connectivity index (χ0) is 14.8. The van der Waals surface area contributed by atoms with Crippen LogP contribution in [0.5, 0.6) is 5.88 Å². The van der Waals surface area contributed by atoms with Crippen LogP contribution in [0.25, 0.3) is 0 Å². The molecular weight excluding hydrogens is 264 g/mol. The van der Waals surface area contributed by atoms with Crippen molar-refractivity contribution in [1.82, 2.24) is 9.88 Å². The Balaban J connectivity index is 1.77. The van der Waals surface area contributed by atoms with Gasteiger partial charge >= 0.3 is 0 Å². The van der Waals surface area contributed by atoms with Crippen LogP contribution in [0.15, 0.2) is 12.3 Å². The summed E-state index contributed by atoms with van der Waals surface area (Å²) < 4.78 is 5.45. The zero-order valence-corrected chi connectivity index (χ0v) is 13.3. The topological polar surface area (TPSA) is 40.6 Å². The lowest BCUT2D eigenvalue weighted by atomic mass is 9.97. The molecule has 1 aromatic heterocycles. The van der Waals surface area contributed by atoms with E-state index in [0.29, 0.717) is 11.9 Å². The largest absolute Gasteiger partial charge is 0.479 e. The third kappa shape index (κ3) is 2.93. The molecule has 0 bridgehead atoms. The van der Waals surface area contributed by atoms with Gasteiger partial charge in [-0.15, -0.1) is 0 Å². The van der Waals surface area contributed by atoms with Crippen molar-refractivity contribution in [1.29, 1.82) is 0 Å². The van der Waals surface area contributed by atoms with E-state index in [0.717, 1.165) is 17.4 Å². The third-order valence-corrected chi connectivity index (χ3v) is 4.74. The van der Waals surface area contributed by atoms with Crippen LogP contribution < -0.4 is 15.0 Å². The molecule has 2 unspecified atom stereocenters. The van der Waals surface area contributed by atoms with Gasteiger partial charge in [0.2, 0.25) is 5.88 Å². The number of methoxy groups -OCH3 is 1. The van der Waals surface area contributed by atoms with E-state index in [9.17, 15) is 0 Å². The minimum Gasteiger partial charge on any atom is -0.479 e. The fourth-order valence-corrected chi connectivity index (χ4v) is 3.66. The predicted octanol–water partition coefficient (Wildman–Crippen LogP) is 2.19. The van der Waals surface area contributed by atoms with Crippen molar-refractivity contribution >= 4 is 11.4 Å². The van der Waals surface area contributed by atoms with Crippen LogP contribution in [0.4, 0.5) is 11.4 Å². The third-order valence-electron chi connectivity index (χ3n) is 4.74. The first-order valence-corrected chi connectivity index (χ1v) is 7.90. The number of nitrogens with zero attached hydrogens (tertiary/aromatic N) is 3. The Morgan fingerprint density at radius 2 is 2.19 bits per heavy atom. The lowest BCUT2D eigenvalue weighted by Gasteiger charge is -2.36. The molecule has 1 N–H and O–H groups in total. The maximum Gasteiger partial charge on any atom is 0.239 e. The Morgan fingerprint density at radius 3 is 2.95 bits per heavy atom. The second-order valence-corrected chi connectivity index (χ2v) is 6.31. The van der Waals surface area contributed by atoms with Crippen molar-refractivity contribution in [3.63, 3.8) is 0 Å². The van der Waals surface area contributed by atoms with Gasteiger partial charge in [-0.1, -0.05) is 0 Å². The first-order chi connectivity index (χ1) is 10.2. The van der Waals surface area contributed by atoms with Crippen molar-refractivity contribution < 1.29 is 4.74 Å². The molecule has 2 atom stereocenters. The summed E-state index contributed by atoms with van der Waals surface area (Å²) in [6.07, 6.45) is 6.94. The van der Waals surface area contributed by atoms with Crippen LogP contribution in [0.3, 0.4) is 0 Å². The van der Waals surface area contributed by atoms with Crippen LogP contribution in [0.2, 0.25) is 0 Å². The van der Waals surface area contributed by atoms with Gasteiger partial charge in [-0.25, -0.2) is 4.98 Å². The molecule has 0 saturated carbocycles. The second-order valence-electron chi connectivity index (χ2n) is 6.31. The summed E-state index contributed by atoms with van der Waals surface area (Å²) in [5.41, 5.74) is 2.16. The van der Waals surface area contributed by atoms with E-state index in [2.05, 4.69) is 34.2 Å². The summed E-state index contributed by atoms with van der Waals surface area (Å²) in [6, 6.07) is 3.32. The Morgan fingerprint density at radius 1 is 1.33 bits per heavy atom. The van der Waals surface area contributed by atoms with Gasteiger partial charge in [0.25, 0.3) is 0 Å². The van der Waals surface area contributed by atoms with Crippen LogP contribution in [0, 0.1) is 0 Å². The van der Waals surface area contributed by atoms with Crippen LogP contribution in [-0.4, -0.2) is 56.3 Å². The number of nitrogens with one attached hydrogen (secondary N) is 1. The highest BCUT2D eigenvalue weighted by atomic mass is 16.5. The van der Waals surface area contributed by atoms with Gasteiger partial charge in [0.1, 0.15) is 5.69 Å². The van der Waals surface area contributed by atoms with Gasteiger partial charge in [0.05, 0.1) is 12.8 Å². The number of rotatable bonds is 4. The first kappa shape index (κ1) is 14.4. The van der Waals surface area contributed by atoms with E-state index in [-0.39, 0.29) is 0 Å². The molecule has 116 valence electrons. The van der Waals surface area contributed by atoms with Crippen molar-refractivity contribution in [2.45, 2.75) is 37.8 Å². The smallest absolute Gasteiger partial charge is 0.239 e. The number of aromatic nitrogens is 1. The highest BCUT2D eigenvalue weighted by Gasteiger charge is 2.32. The highest BCUT2D eigenvalue weighted by molar-refractivity contribution is 5.74. The molecule has 2 saturated heterocycles. The lowest BCUT2D eigenvalue weighted by molar-refractivity contribution is 0.188. The van der Waals surface area contributed by atoms with Gasteiger partial charge in [-0.2, -0.15) is 0 Å². The fraction of sp³-hybridized carbons (Fsp3) is 0.688.